The number of amides is 2. The molecule has 0 aliphatic carbocycles. The van der Waals surface area contributed by atoms with Gasteiger partial charge in [0.05, 0.1) is 7.11 Å². The van der Waals surface area contributed by atoms with Crippen LogP contribution in [0.5, 0.6) is 0 Å². The smallest absolute Gasteiger partial charge is 0.320 e. The molecule has 2 aliphatic heterocycles. The van der Waals surface area contributed by atoms with Crippen molar-refractivity contribution in [2.45, 2.75) is 24.6 Å². The predicted octanol–water partition coefficient (Wildman–Crippen LogP) is 1.54. The summed E-state index contributed by atoms with van der Waals surface area (Å²) in [6.07, 6.45) is 1.55. The van der Waals surface area contributed by atoms with Gasteiger partial charge in [0, 0.05) is 43.9 Å². The molecule has 2 fully saturated rings. The molecule has 3 rings (SSSR count). The Morgan fingerprint density at radius 1 is 1.24 bits per heavy atom. The van der Waals surface area contributed by atoms with Gasteiger partial charge in [-0.3, -0.25) is 14.4 Å². The summed E-state index contributed by atoms with van der Waals surface area (Å²) in [6.45, 7) is 2.40. The van der Waals surface area contributed by atoms with E-state index in [1.807, 2.05) is 17.0 Å². The van der Waals surface area contributed by atoms with Crippen LogP contribution in [0.2, 0.25) is 0 Å². The average Bonchev–Trinajstić information content (AvgIpc) is 3.06. The molecule has 2 saturated heterocycles. The van der Waals surface area contributed by atoms with Gasteiger partial charge in [0.1, 0.15) is 5.25 Å². The second kappa shape index (κ2) is 7.91. The van der Waals surface area contributed by atoms with Crippen LogP contribution in [-0.4, -0.2) is 65.3 Å². The van der Waals surface area contributed by atoms with E-state index in [2.05, 4.69) is 0 Å². The Balaban J connectivity index is 1.62. The largest absolute Gasteiger partial charge is 0.468 e. The molecule has 7 heteroatoms. The molecule has 2 aliphatic rings. The van der Waals surface area contributed by atoms with Crippen LogP contribution < -0.4 is 0 Å². The fourth-order valence-electron chi connectivity index (χ4n) is 3.13. The first-order chi connectivity index (χ1) is 12.1. The zero-order chi connectivity index (χ0) is 17.8. The summed E-state index contributed by atoms with van der Waals surface area (Å²) in [7, 11) is 1.37. The Bertz CT molecular complexity index is 662. The molecule has 25 heavy (non-hydrogen) atoms. The first-order valence-corrected chi connectivity index (χ1v) is 9.49. The van der Waals surface area contributed by atoms with Crippen molar-refractivity contribution >= 4 is 29.5 Å². The Morgan fingerprint density at radius 3 is 2.64 bits per heavy atom. The van der Waals surface area contributed by atoms with E-state index in [9.17, 15) is 14.4 Å². The van der Waals surface area contributed by atoms with Gasteiger partial charge in [-0.15, -0.1) is 11.8 Å². The second-order valence-corrected chi connectivity index (χ2v) is 7.56. The summed E-state index contributed by atoms with van der Waals surface area (Å²) in [5, 5.41) is -0.317. The van der Waals surface area contributed by atoms with E-state index in [4.69, 9.17) is 4.74 Å². The minimum Gasteiger partial charge on any atom is -0.468 e. The zero-order valence-corrected chi connectivity index (χ0v) is 15.1. The van der Waals surface area contributed by atoms with Crippen molar-refractivity contribution in [1.82, 2.24) is 9.80 Å². The quantitative estimate of drug-likeness (QED) is 0.760. The molecule has 2 heterocycles. The fourth-order valence-corrected chi connectivity index (χ4v) is 4.26. The number of nitrogens with zero attached hydrogens (tertiary/aromatic N) is 2. The van der Waals surface area contributed by atoms with Gasteiger partial charge in [-0.1, -0.05) is 12.1 Å². The van der Waals surface area contributed by atoms with Crippen molar-refractivity contribution in [3.8, 4) is 0 Å². The van der Waals surface area contributed by atoms with Gasteiger partial charge in [-0.2, -0.15) is 0 Å². The maximum Gasteiger partial charge on any atom is 0.320 e. The highest BCUT2D eigenvalue weighted by Gasteiger charge is 2.30. The monoisotopic (exact) mass is 362 g/mol. The molecule has 0 spiro atoms. The van der Waals surface area contributed by atoms with E-state index in [0.717, 1.165) is 24.3 Å². The third kappa shape index (κ3) is 4.15. The van der Waals surface area contributed by atoms with Crippen LogP contribution in [0, 0.1) is 0 Å². The van der Waals surface area contributed by atoms with Crippen LogP contribution in [0.15, 0.2) is 24.3 Å². The van der Waals surface area contributed by atoms with Crippen LogP contribution in [0.25, 0.3) is 0 Å². The number of esters is 1. The highest BCUT2D eigenvalue weighted by Crippen LogP contribution is 2.22. The lowest BCUT2D eigenvalue weighted by atomic mass is 10.1. The van der Waals surface area contributed by atoms with E-state index in [0.29, 0.717) is 31.6 Å². The highest BCUT2D eigenvalue weighted by molar-refractivity contribution is 8.00. The van der Waals surface area contributed by atoms with Crippen molar-refractivity contribution in [2.24, 2.45) is 0 Å². The number of carbonyl (C=O) groups excluding carboxylic acids is 3. The van der Waals surface area contributed by atoms with Crippen molar-refractivity contribution in [1.29, 1.82) is 0 Å². The maximum absolute atomic E-state index is 12.7. The number of rotatable bonds is 4. The van der Waals surface area contributed by atoms with E-state index in [-0.39, 0.29) is 23.0 Å². The number of benzene rings is 1. The molecular formula is C18H22N2O4S. The molecule has 0 bridgehead atoms. The molecule has 2 amide bonds. The van der Waals surface area contributed by atoms with Gasteiger partial charge in [-0.25, -0.2) is 0 Å². The van der Waals surface area contributed by atoms with Crippen molar-refractivity contribution in [3.05, 3.63) is 35.4 Å². The molecule has 6 nitrogen and oxygen atoms in total. The lowest BCUT2D eigenvalue weighted by Crippen LogP contribution is -2.44. The lowest BCUT2D eigenvalue weighted by Gasteiger charge is -2.31. The average molecular weight is 362 g/mol. The van der Waals surface area contributed by atoms with Crippen LogP contribution in [-0.2, 0) is 20.9 Å². The third-order valence-electron chi connectivity index (χ3n) is 4.56. The standard InChI is InChI=1S/C18H22N2O4S/c1-24-18(23)15-12-20(9-10-25-15)17(22)14-6-4-13(5-7-14)11-19-8-2-3-16(19)21/h4-7,15H,2-3,8-12H2,1H3/t15-/m1/s1. The number of thioether (sulfide) groups is 1. The molecule has 0 aromatic heterocycles. The molecule has 0 unspecified atom stereocenters. The second-order valence-electron chi connectivity index (χ2n) is 6.25. The molecule has 1 aromatic rings. The number of carbonyl (C=O) groups is 3. The summed E-state index contributed by atoms with van der Waals surface area (Å²) < 4.78 is 4.78. The van der Waals surface area contributed by atoms with E-state index in [1.54, 1.807) is 17.0 Å². The first-order valence-electron chi connectivity index (χ1n) is 8.44. The molecule has 134 valence electrons. The minimum atomic E-state index is -0.317. The van der Waals surface area contributed by atoms with Crippen LogP contribution >= 0.6 is 11.8 Å². The lowest BCUT2D eigenvalue weighted by molar-refractivity contribution is -0.140. The van der Waals surface area contributed by atoms with Gasteiger partial charge in [0.25, 0.3) is 5.91 Å². The summed E-state index contributed by atoms with van der Waals surface area (Å²) >= 11 is 1.53. The Labute approximate surface area is 151 Å². The molecule has 0 saturated carbocycles. The van der Waals surface area contributed by atoms with Crippen molar-refractivity contribution in [3.63, 3.8) is 0 Å². The number of hydrogen-bond acceptors (Lipinski definition) is 5. The number of methoxy groups -OCH3 is 1. The van der Waals surface area contributed by atoms with E-state index < -0.39 is 0 Å². The summed E-state index contributed by atoms with van der Waals surface area (Å²) in [5.74, 6) is 0.562. The van der Waals surface area contributed by atoms with Gasteiger partial charge < -0.3 is 14.5 Å². The Hall–Kier alpha value is -2.02. The maximum atomic E-state index is 12.7. The molecule has 0 radical (unpaired) electrons. The van der Waals surface area contributed by atoms with Gasteiger partial charge in [0.2, 0.25) is 5.91 Å². The van der Waals surface area contributed by atoms with E-state index in [1.165, 1.54) is 18.9 Å². The first kappa shape index (κ1) is 17.8. The third-order valence-corrected chi connectivity index (χ3v) is 5.73. The molecule has 1 aromatic carbocycles. The Morgan fingerprint density at radius 2 is 2.00 bits per heavy atom. The summed E-state index contributed by atoms with van der Waals surface area (Å²) in [4.78, 5) is 39.6. The van der Waals surface area contributed by atoms with E-state index >= 15 is 0 Å². The fraction of sp³-hybridized carbons (Fsp3) is 0.500. The Kier molecular flexibility index (Phi) is 5.63. The number of ether oxygens (including phenoxy) is 1. The highest BCUT2D eigenvalue weighted by atomic mass is 32.2. The predicted molar refractivity (Wildman–Crippen MR) is 95.3 cm³/mol. The van der Waals surface area contributed by atoms with Gasteiger partial charge in [-0.05, 0) is 24.1 Å². The van der Waals surface area contributed by atoms with Gasteiger partial charge in [0.15, 0.2) is 0 Å². The van der Waals surface area contributed by atoms with Crippen LogP contribution in [0.3, 0.4) is 0 Å². The zero-order valence-electron chi connectivity index (χ0n) is 14.3. The summed E-state index contributed by atoms with van der Waals surface area (Å²) in [5.41, 5.74) is 1.63. The topological polar surface area (TPSA) is 66.9 Å². The SMILES string of the molecule is COC(=O)[C@H]1CN(C(=O)c2ccc(CN3CCCC3=O)cc2)CCS1. The molecule has 0 N–H and O–H groups in total. The van der Waals surface area contributed by atoms with Crippen molar-refractivity contribution < 1.29 is 19.1 Å². The van der Waals surface area contributed by atoms with Crippen LogP contribution in [0.1, 0.15) is 28.8 Å². The number of hydrogen-bond donors (Lipinski definition) is 0. The minimum absolute atomic E-state index is 0.0713. The van der Waals surface area contributed by atoms with Crippen LogP contribution in [0.4, 0.5) is 0 Å². The molecule has 1 atom stereocenters. The molecular weight excluding hydrogens is 340 g/mol. The van der Waals surface area contributed by atoms with Crippen molar-refractivity contribution in [2.75, 3.05) is 32.5 Å². The normalized spacial score (nSPS) is 20.7. The summed E-state index contributed by atoms with van der Waals surface area (Å²) in [6, 6.07) is 7.39. The van der Waals surface area contributed by atoms with Gasteiger partial charge >= 0.3 is 5.97 Å². The number of likely N-dealkylation sites (tertiary alicyclic amines) is 1.